The van der Waals surface area contributed by atoms with Gasteiger partial charge in [-0.15, -0.1) is 0 Å². The smallest absolute Gasteiger partial charge is 0.224 e. The number of carbonyl (C=O) groups is 3. The lowest BCUT2D eigenvalue weighted by Gasteiger charge is -2.17. The summed E-state index contributed by atoms with van der Waals surface area (Å²) in [6, 6.07) is 5.90. The van der Waals surface area contributed by atoms with E-state index in [-0.39, 0.29) is 24.1 Å². The highest BCUT2D eigenvalue weighted by atomic mass is 16.4. The van der Waals surface area contributed by atoms with Crippen LogP contribution in [-0.4, -0.2) is 17.8 Å². The molecule has 6 heteroatoms. The Morgan fingerprint density at radius 3 is 2.41 bits per heavy atom. The molecule has 1 atom stereocenters. The number of amides is 1. The molecule has 1 amide bonds. The summed E-state index contributed by atoms with van der Waals surface area (Å²) in [7, 11) is 0. The Kier molecular flexibility index (Phi) is 7.08. The number of carboxylic acid groups (broad SMARTS) is 2. The third-order valence-corrected chi connectivity index (χ3v) is 3.38. The molecule has 0 saturated heterocycles. The van der Waals surface area contributed by atoms with E-state index < -0.39 is 23.8 Å². The van der Waals surface area contributed by atoms with Crippen LogP contribution in [0.15, 0.2) is 24.3 Å². The number of nitrogens with one attached hydrogen (secondary N) is 1. The molecule has 0 fully saturated rings. The fourth-order valence-corrected chi connectivity index (χ4v) is 2.12. The number of hydrogen-bond donors (Lipinski definition) is 1. The van der Waals surface area contributed by atoms with Crippen molar-refractivity contribution in [3.05, 3.63) is 29.8 Å². The second-order valence-electron chi connectivity index (χ2n) is 5.08. The van der Waals surface area contributed by atoms with E-state index in [0.717, 1.165) is 12.8 Å². The van der Waals surface area contributed by atoms with Gasteiger partial charge in [0.25, 0.3) is 0 Å². The number of para-hydroxylation sites is 1. The van der Waals surface area contributed by atoms with Crippen LogP contribution in [0, 0.1) is 5.92 Å². The Balaban J connectivity index is 2.59. The van der Waals surface area contributed by atoms with E-state index in [2.05, 4.69) is 5.32 Å². The largest absolute Gasteiger partial charge is 0.550 e. The number of unbranched alkanes of at least 4 members (excludes halogenated alkanes) is 1. The highest BCUT2D eigenvalue weighted by Crippen LogP contribution is 2.17. The van der Waals surface area contributed by atoms with Gasteiger partial charge < -0.3 is 25.1 Å². The molecule has 0 bridgehead atoms. The normalized spacial score (nSPS) is 11.7. The maximum atomic E-state index is 11.9. The van der Waals surface area contributed by atoms with Crippen LogP contribution >= 0.6 is 0 Å². The quantitative estimate of drug-likeness (QED) is 0.707. The summed E-state index contributed by atoms with van der Waals surface area (Å²) in [6.45, 7) is 1.95. The van der Waals surface area contributed by atoms with Crippen LogP contribution in [0.2, 0.25) is 0 Å². The first kappa shape index (κ1) is 17.7. The van der Waals surface area contributed by atoms with Crippen molar-refractivity contribution in [2.45, 2.75) is 39.0 Å². The highest BCUT2D eigenvalue weighted by molar-refractivity contribution is 5.99. The first-order valence-electron chi connectivity index (χ1n) is 7.26. The summed E-state index contributed by atoms with van der Waals surface area (Å²) >= 11 is 0. The fourth-order valence-electron chi connectivity index (χ4n) is 2.12. The molecule has 1 aromatic rings. The molecule has 0 aliphatic carbocycles. The van der Waals surface area contributed by atoms with Crippen molar-refractivity contribution >= 4 is 23.5 Å². The van der Waals surface area contributed by atoms with Gasteiger partial charge in [0.15, 0.2) is 0 Å². The standard InChI is InChI=1S/C16H21NO5/c1-2-3-6-11(15(19)20)9-10-14(18)17-13-8-5-4-7-12(13)16(21)22/h4-5,7-8,11H,2-3,6,9-10H2,1H3,(H,17,18)(H,19,20)(H,21,22)/p-2. The van der Waals surface area contributed by atoms with E-state index in [9.17, 15) is 24.6 Å². The summed E-state index contributed by atoms with van der Waals surface area (Å²) in [5, 5.41) is 24.4. The average Bonchev–Trinajstić information content (AvgIpc) is 2.47. The summed E-state index contributed by atoms with van der Waals surface area (Å²) in [6.07, 6.45) is 2.26. The van der Waals surface area contributed by atoms with Crippen molar-refractivity contribution in [3.8, 4) is 0 Å². The van der Waals surface area contributed by atoms with Gasteiger partial charge in [-0.1, -0.05) is 38.0 Å². The average molecular weight is 305 g/mol. The van der Waals surface area contributed by atoms with Gasteiger partial charge in [-0.2, -0.15) is 0 Å². The van der Waals surface area contributed by atoms with Crippen LogP contribution in [0.5, 0.6) is 0 Å². The molecule has 1 aromatic carbocycles. The minimum absolute atomic E-state index is 0.0102. The molecular weight excluding hydrogens is 286 g/mol. The Bertz CT molecular complexity index is 541. The molecule has 1 unspecified atom stereocenters. The zero-order valence-electron chi connectivity index (χ0n) is 12.5. The molecule has 1 N–H and O–H groups in total. The highest BCUT2D eigenvalue weighted by Gasteiger charge is 2.13. The van der Waals surface area contributed by atoms with Crippen molar-refractivity contribution in [1.29, 1.82) is 0 Å². The minimum Gasteiger partial charge on any atom is -0.550 e. The summed E-state index contributed by atoms with van der Waals surface area (Å²) < 4.78 is 0. The molecule has 6 nitrogen and oxygen atoms in total. The maximum Gasteiger partial charge on any atom is 0.224 e. The third kappa shape index (κ3) is 5.55. The number of carbonyl (C=O) groups excluding carboxylic acids is 3. The van der Waals surface area contributed by atoms with Gasteiger partial charge in [0.05, 0.1) is 5.97 Å². The predicted octanol–water partition coefficient (Wildman–Crippen LogP) is 0.325. The molecule has 0 aliphatic rings. The molecule has 1 rings (SSSR count). The van der Waals surface area contributed by atoms with Crippen molar-refractivity contribution < 1.29 is 24.6 Å². The molecule has 0 heterocycles. The second-order valence-corrected chi connectivity index (χ2v) is 5.08. The van der Waals surface area contributed by atoms with E-state index in [4.69, 9.17) is 0 Å². The summed E-state index contributed by atoms with van der Waals surface area (Å²) in [4.78, 5) is 33.8. The molecule has 0 spiro atoms. The van der Waals surface area contributed by atoms with Crippen LogP contribution in [0.1, 0.15) is 49.4 Å². The van der Waals surface area contributed by atoms with Gasteiger partial charge in [-0.3, -0.25) is 4.79 Å². The summed E-state index contributed by atoms with van der Waals surface area (Å²) in [5.74, 6) is -3.64. The van der Waals surface area contributed by atoms with Crippen molar-refractivity contribution in [2.75, 3.05) is 5.32 Å². The topological polar surface area (TPSA) is 109 Å². The third-order valence-electron chi connectivity index (χ3n) is 3.38. The van der Waals surface area contributed by atoms with Gasteiger partial charge in [-0.25, -0.2) is 0 Å². The van der Waals surface area contributed by atoms with Gasteiger partial charge in [0, 0.05) is 23.6 Å². The molecule has 0 aliphatic heterocycles. The van der Waals surface area contributed by atoms with Crippen LogP contribution in [-0.2, 0) is 9.59 Å². The van der Waals surface area contributed by atoms with Crippen LogP contribution in [0.4, 0.5) is 5.69 Å². The number of rotatable bonds is 9. The number of anilines is 1. The molecule has 0 saturated carbocycles. The van der Waals surface area contributed by atoms with E-state index in [0.29, 0.717) is 6.42 Å². The Labute approximate surface area is 129 Å². The number of hydrogen-bond acceptors (Lipinski definition) is 5. The first-order valence-corrected chi connectivity index (χ1v) is 7.26. The lowest BCUT2D eigenvalue weighted by molar-refractivity contribution is -0.312. The Morgan fingerprint density at radius 2 is 1.82 bits per heavy atom. The lowest BCUT2D eigenvalue weighted by atomic mass is 9.97. The van der Waals surface area contributed by atoms with Crippen molar-refractivity contribution in [1.82, 2.24) is 0 Å². The molecule has 0 aromatic heterocycles. The molecular formula is C16H19NO5-2. The van der Waals surface area contributed by atoms with E-state index in [1.807, 2.05) is 6.92 Å². The number of aliphatic carboxylic acids is 1. The van der Waals surface area contributed by atoms with Crippen molar-refractivity contribution in [3.63, 3.8) is 0 Å². The zero-order chi connectivity index (χ0) is 16.5. The molecule has 22 heavy (non-hydrogen) atoms. The number of aromatic carboxylic acids is 1. The Hall–Kier alpha value is -2.37. The maximum absolute atomic E-state index is 11.9. The predicted molar refractivity (Wildman–Crippen MR) is 76.7 cm³/mol. The SMILES string of the molecule is CCCCC(CCC(=O)Nc1ccccc1C(=O)[O-])C(=O)[O-]. The van der Waals surface area contributed by atoms with Crippen LogP contribution < -0.4 is 15.5 Å². The lowest BCUT2D eigenvalue weighted by Crippen LogP contribution is -2.32. The van der Waals surface area contributed by atoms with Crippen molar-refractivity contribution in [2.24, 2.45) is 5.92 Å². The van der Waals surface area contributed by atoms with Gasteiger partial charge in [-0.05, 0) is 24.8 Å². The number of carboxylic acids is 2. The molecule has 0 radical (unpaired) electrons. The van der Waals surface area contributed by atoms with Gasteiger partial charge >= 0.3 is 0 Å². The van der Waals surface area contributed by atoms with Gasteiger partial charge in [0.2, 0.25) is 5.91 Å². The van der Waals surface area contributed by atoms with E-state index in [1.165, 1.54) is 18.2 Å². The fraction of sp³-hybridized carbons (Fsp3) is 0.438. The first-order chi connectivity index (χ1) is 10.5. The van der Waals surface area contributed by atoms with Crippen LogP contribution in [0.3, 0.4) is 0 Å². The minimum atomic E-state index is -1.38. The zero-order valence-corrected chi connectivity index (χ0v) is 12.5. The van der Waals surface area contributed by atoms with E-state index in [1.54, 1.807) is 6.07 Å². The summed E-state index contributed by atoms with van der Waals surface area (Å²) in [5.41, 5.74) is 0.0318. The molecule has 120 valence electrons. The number of benzene rings is 1. The van der Waals surface area contributed by atoms with E-state index >= 15 is 0 Å². The second kappa shape index (κ2) is 8.81. The van der Waals surface area contributed by atoms with Gasteiger partial charge in [0.1, 0.15) is 0 Å². The monoisotopic (exact) mass is 305 g/mol. The Morgan fingerprint density at radius 1 is 1.14 bits per heavy atom. The van der Waals surface area contributed by atoms with Crippen LogP contribution in [0.25, 0.3) is 0 Å².